The van der Waals surface area contributed by atoms with Crippen LogP contribution in [0.1, 0.15) is 5.56 Å². The molecule has 2 aromatic rings. The van der Waals surface area contributed by atoms with Gasteiger partial charge in [-0.05, 0) is 12.1 Å². The van der Waals surface area contributed by atoms with Crippen LogP contribution in [0.3, 0.4) is 0 Å². The van der Waals surface area contributed by atoms with E-state index in [1.807, 2.05) is 0 Å². The van der Waals surface area contributed by atoms with Gasteiger partial charge in [0.25, 0.3) is 0 Å². The number of halogens is 4. The van der Waals surface area contributed by atoms with Gasteiger partial charge in [-0.15, -0.1) is 0 Å². The second kappa shape index (κ2) is 5.63. The van der Waals surface area contributed by atoms with Crippen LogP contribution in [-0.4, -0.2) is 0 Å². The highest BCUT2D eigenvalue weighted by molar-refractivity contribution is 6.35. The van der Waals surface area contributed by atoms with Gasteiger partial charge < -0.3 is 10.5 Å². The molecule has 0 atom stereocenters. The van der Waals surface area contributed by atoms with E-state index in [-0.39, 0.29) is 18.0 Å². The van der Waals surface area contributed by atoms with Gasteiger partial charge in [-0.25, -0.2) is 8.78 Å². The molecule has 0 saturated heterocycles. The van der Waals surface area contributed by atoms with Crippen LogP contribution in [-0.2, 0) is 6.61 Å². The Labute approximate surface area is 118 Å². The summed E-state index contributed by atoms with van der Waals surface area (Å²) in [7, 11) is 0. The van der Waals surface area contributed by atoms with Crippen molar-refractivity contribution in [1.82, 2.24) is 0 Å². The molecule has 6 heteroatoms. The average Bonchev–Trinajstić information content (AvgIpc) is 2.34. The lowest BCUT2D eigenvalue weighted by Gasteiger charge is -2.09. The first kappa shape index (κ1) is 13.9. The summed E-state index contributed by atoms with van der Waals surface area (Å²) >= 11 is 11.7. The first-order valence-corrected chi connectivity index (χ1v) is 6.04. The molecule has 0 unspecified atom stereocenters. The van der Waals surface area contributed by atoms with E-state index in [9.17, 15) is 8.78 Å². The minimum absolute atomic E-state index is 0.00369. The molecular formula is C13H9Cl2F2NO. The number of ether oxygens (including phenoxy) is 1. The Kier molecular flexibility index (Phi) is 4.12. The van der Waals surface area contributed by atoms with Crippen LogP contribution in [0.15, 0.2) is 30.3 Å². The van der Waals surface area contributed by atoms with E-state index in [4.69, 9.17) is 33.7 Å². The Morgan fingerprint density at radius 1 is 1.05 bits per heavy atom. The normalized spacial score (nSPS) is 10.5. The van der Waals surface area contributed by atoms with Crippen molar-refractivity contribution >= 4 is 28.9 Å². The maximum absolute atomic E-state index is 13.5. The largest absolute Gasteiger partial charge is 0.486 e. The molecule has 2 N–H and O–H groups in total. The Bertz CT molecular complexity index is 620. The van der Waals surface area contributed by atoms with Crippen molar-refractivity contribution in [3.05, 3.63) is 57.6 Å². The Morgan fingerprint density at radius 3 is 2.47 bits per heavy atom. The lowest BCUT2D eigenvalue weighted by Crippen LogP contribution is -2.00. The zero-order valence-corrected chi connectivity index (χ0v) is 11.1. The van der Waals surface area contributed by atoms with Crippen LogP contribution in [0.4, 0.5) is 14.5 Å². The minimum atomic E-state index is -0.737. The van der Waals surface area contributed by atoms with Crippen molar-refractivity contribution in [2.24, 2.45) is 0 Å². The van der Waals surface area contributed by atoms with Crippen molar-refractivity contribution in [3.8, 4) is 5.75 Å². The molecule has 0 aromatic heterocycles. The van der Waals surface area contributed by atoms with Gasteiger partial charge in [-0.2, -0.15) is 0 Å². The van der Waals surface area contributed by atoms with Crippen molar-refractivity contribution < 1.29 is 13.5 Å². The third-order valence-corrected chi connectivity index (χ3v) is 3.04. The molecule has 2 rings (SSSR count). The van der Waals surface area contributed by atoms with E-state index in [0.717, 1.165) is 12.1 Å². The number of hydrogen-bond donors (Lipinski definition) is 1. The summed E-state index contributed by atoms with van der Waals surface area (Å²) in [6, 6.07) is 6.59. The number of rotatable bonds is 3. The summed E-state index contributed by atoms with van der Waals surface area (Å²) in [6.07, 6.45) is 0. The van der Waals surface area contributed by atoms with Crippen LogP contribution >= 0.6 is 23.2 Å². The van der Waals surface area contributed by atoms with E-state index in [0.29, 0.717) is 15.6 Å². The van der Waals surface area contributed by atoms with E-state index in [2.05, 4.69) is 0 Å². The zero-order chi connectivity index (χ0) is 14.0. The molecule has 19 heavy (non-hydrogen) atoms. The second-order valence-corrected chi connectivity index (χ2v) is 4.67. The third-order valence-electron chi connectivity index (χ3n) is 2.45. The summed E-state index contributed by atoms with van der Waals surface area (Å²) in [4.78, 5) is 0. The summed E-state index contributed by atoms with van der Waals surface area (Å²) in [5.74, 6) is -1.69. The van der Waals surface area contributed by atoms with E-state index in [1.54, 1.807) is 18.2 Å². The molecule has 0 bridgehead atoms. The molecule has 0 heterocycles. The van der Waals surface area contributed by atoms with E-state index >= 15 is 0 Å². The highest BCUT2D eigenvalue weighted by Gasteiger charge is 2.10. The number of benzene rings is 2. The van der Waals surface area contributed by atoms with E-state index in [1.165, 1.54) is 0 Å². The standard InChI is InChI=1S/C13H9Cl2F2NO/c14-8-2-1-7(9(15)3-8)6-19-13-5-10(16)12(18)4-11(13)17/h1-5H,6,18H2. The minimum Gasteiger partial charge on any atom is -0.486 e. The van der Waals surface area contributed by atoms with Gasteiger partial charge in [0.1, 0.15) is 12.4 Å². The van der Waals surface area contributed by atoms with Gasteiger partial charge in [-0.3, -0.25) is 0 Å². The third kappa shape index (κ3) is 3.28. The molecule has 0 fully saturated rings. The molecule has 2 nitrogen and oxygen atoms in total. The Morgan fingerprint density at radius 2 is 1.79 bits per heavy atom. The fourth-order valence-electron chi connectivity index (χ4n) is 1.45. The first-order chi connectivity index (χ1) is 8.97. The molecule has 0 aliphatic carbocycles. The van der Waals surface area contributed by atoms with Crippen molar-refractivity contribution in [2.75, 3.05) is 5.73 Å². The van der Waals surface area contributed by atoms with E-state index < -0.39 is 11.6 Å². The van der Waals surface area contributed by atoms with Gasteiger partial charge in [0.05, 0.1) is 5.69 Å². The predicted octanol–water partition coefficient (Wildman–Crippen LogP) is 4.43. The number of hydrogen-bond acceptors (Lipinski definition) is 2. The van der Waals surface area contributed by atoms with Gasteiger partial charge in [0, 0.05) is 27.7 Å². The maximum Gasteiger partial charge on any atom is 0.167 e. The summed E-state index contributed by atoms with van der Waals surface area (Å²) in [5.41, 5.74) is 5.58. The first-order valence-electron chi connectivity index (χ1n) is 5.28. The highest BCUT2D eigenvalue weighted by atomic mass is 35.5. The van der Waals surface area contributed by atoms with Gasteiger partial charge in [-0.1, -0.05) is 29.3 Å². The smallest absolute Gasteiger partial charge is 0.167 e. The second-order valence-electron chi connectivity index (χ2n) is 3.83. The Hall–Kier alpha value is -1.52. The van der Waals surface area contributed by atoms with Crippen LogP contribution in [0.5, 0.6) is 5.75 Å². The fraction of sp³-hybridized carbons (Fsp3) is 0.0769. The predicted molar refractivity (Wildman–Crippen MR) is 71.6 cm³/mol. The van der Waals surface area contributed by atoms with Crippen molar-refractivity contribution in [2.45, 2.75) is 6.61 Å². The molecule has 0 amide bonds. The monoisotopic (exact) mass is 303 g/mol. The van der Waals surface area contributed by atoms with Crippen LogP contribution in [0.25, 0.3) is 0 Å². The summed E-state index contributed by atoms with van der Waals surface area (Å²) in [6.45, 7) is -0.00369. The highest BCUT2D eigenvalue weighted by Crippen LogP contribution is 2.26. The molecule has 0 aliphatic heterocycles. The van der Waals surface area contributed by atoms with Gasteiger partial charge in [0.2, 0.25) is 0 Å². The maximum atomic E-state index is 13.5. The lowest BCUT2D eigenvalue weighted by atomic mass is 10.2. The van der Waals surface area contributed by atoms with Crippen LogP contribution in [0, 0.1) is 11.6 Å². The lowest BCUT2D eigenvalue weighted by molar-refractivity contribution is 0.289. The number of nitrogen functional groups attached to an aromatic ring is 1. The molecular weight excluding hydrogens is 295 g/mol. The number of anilines is 1. The SMILES string of the molecule is Nc1cc(F)c(OCc2ccc(Cl)cc2Cl)cc1F. The fourth-order valence-corrected chi connectivity index (χ4v) is 1.91. The zero-order valence-electron chi connectivity index (χ0n) is 9.59. The molecule has 0 saturated carbocycles. The average molecular weight is 304 g/mol. The van der Waals surface area contributed by atoms with Gasteiger partial charge in [0.15, 0.2) is 11.6 Å². The van der Waals surface area contributed by atoms with Crippen LogP contribution < -0.4 is 10.5 Å². The van der Waals surface area contributed by atoms with Crippen molar-refractivity contribution in [3.63, 3.8) is 0 Å². The molecule has 0 aliphatic rings. The Balaban J connectivity index is 2.16. The van der Waals surface area contributed by atoms with Gasteiger partial charge >= 0.3 is 0 Å². The topological polar surface area (TPSA) is 35.2 Å². The van der Waals surface area contributed by atoms with Crippen LogP contribution in [0.2, 0.25) is 10.0 Å². The number of nitrogens with two attached hydrogens (primary N) is 1. The molecule has 2 aromatic carbocycles. The molecule has 0 spiro atoms. The summed E-state index contributed by atoms with van der Waals surface area (Å²) < 4.78 is 31.9. The molecule has 100 valence electrons. The summed E-state index contributed by atoms with van der Waals surface area (Å²) in [5, 5.41) is 0.877. The quantitative estimate of drug-likeness (QED) is 0.851. The van der Waals surface area contributed by atoms with Crippen molar-refractivity contribution in [1.29, 1.82) is 0 Å². The molecule has 0 radical (unpaired) electrons.